The molecule has 0 aliphatic rings. The van der Waals surface area contributed by atoms with Crippen LogP contribution in [0.3, 0.4) is 0 Å². The number of benzene rings is 3. The molecule has 0 amide bonds. The summed E-state index contributed by atoms with van der Waals surface area (Å²) in [6, 6.07) is 31.4. The Labute approximate surface area is 208 Å². The summed E-state index contributed by atoms with van der Waals surface area (Å²) >= 11 is 0. The quantitative estimate of drug-likeness (QED) is 0.209. The minimum Gasteiger partial charge on any atom is -0.378 e. The van der Waals surface area contributed by atoms with Crippen LogP contribution in [0.2, 0.25) is 0 Å². The van der Waals surface area contributed by atoms with Crippen molar-refractivity contribution in [1.29, 1.82) is 0 Å². The number of rotatable bonds is 16. The van der Waals surface area contributed by atoms with E-state index in [0.29, 0.717) is 12.1 Å². The fourth-order valence-corrected chi connectivity index (χ4v) is 4.63. The lowest BCUT2D eigenvalue weighted by molar-refractivity contribution is 0.586. The lowest BCUT2D eigenvalue weighted by atomic mass is 9.99. The third-order valence-electron chi connectivity index (χ3n) is 6.66. The summed E-state index contributed by atoms with van der Waals surface area (Å²) in [4.78, 5) is 0. The summed E-state index contributed by atoms with van der Waals surface area (Å²) in [6.07, 6.45) is 12.7. The molecule has 34 heavy (non-hydrogen) atoms. The highest BCUT2D eigenvalue weighted by molar-refractivity contribution is 5.55. The predicted molar refractivity (Wildman–Crippen MR) is 150 cm³/mol. The van der Waals surface area contributed by atoms with E-state index < -0.39 is 0 Å². The summed E-state index contributed by atoms with van der Waals surface area (Å²) in [7, 11) is 0. The third kappa shape index (κ3) is 8.89. The Balaban J connectivity index is 1.64. The highest BCUT2D eigenvalue weighted by Gasteiger charge is 2.13. The molecule has 0 spiro atoms. The monoisotopic (exact) mass is 456 g/mol. The highest BCUT2D eigenvalue weighted by Crippen LogP contribution is 2.28. The number of unbranched alkanes of at least 4 members (excludes halogenated alkanes) is 6. The van der Waals surface area contributed by atoms with Crippen molar-refractivity contribution < 1.29 is 0 Å². The number of hydrogen-bond acceptors (Lipinski definition) is 2. The molecule has 0 aliphatic carbocycles. The van der Waals surface area contributed by atoms with Crippen LogP contribution in [0.5, 0.6) is 0 Å². The van der Waals surface area contributed by atoms with Crippen LogP contribution in [0.4, 0.5) is 11.4 Å². The average molecular weight is 457 g/mol. The lowest BCUT2D eigenvalue weighted by Gasteiger charge is -2.23. The Kier molecular flexibility index (Phi) is 11.6. The number of nitrogens with one attached hydrogen (secondary N) is 2. The molecule has 0 aromatic heterocycles. The summed E-state index contributed by atoms with van der Waals surface area (Å²) in [5.41, 5.74) is 5.12. The molecule has 2 atom stereocenters. The van der Waals surface area contributed by atoms with E-state index >= 15 is 0 Å². The smallest absolute Gasteiger partial charge is 0.0513 e. The minimum absolute atomic E-state index is 0.354. The molecule has 3 aromatic carbocycles. The fraction of sp³-hybridized carbons (Fsp3) is 0.438. The van der Waals surface area contributed by atoms with Crippen LogP contribution in [0.1, 0.15) is 101 Å². The van der Waals surface area contributed by atoms with Gasteiger partial charge in [-0.2, -0.15) is 0 Å². The van der Waals surface area contributed by atoms with Crippen molar-refractivity contribution in [1.82, 2.24) is 0 Å². The third-order valence-corrected chi connectivity index (χ3v) is 6.66. The molecule has 0 fully saturated rings. The average Bonchev–Trinajstić information content (AvgIpc) is 2.89. The summed E-state index contributed by atoms with van der Waals surface area (Å²) in [6.45, 7) is 4.55. The second-order valence-corrected chi connectivity index (χ2v) is 9.49. The van der Waals surface area contributed by atoms with Crippen molar-refractivity contribution in [2.24, 2.45) is 0 Å². The van der Waals surface area contributed by atoms with E-state index in [1.54, 1.807) is 0 Å². The van der Waals surface area contributed by atoms with Gasteiger partial charge in [-0.15, -0.1) is 0 Å². The van der Waals surface area contributed by atoms with Crippen molar-refractivity contribution in [3.63, 3.8) is 0 Å². The van der Waals surface area contributed by atoms with Crippen LogP contribution in [0.25, 0.3) is 0 Å². The van der Waals surface area contributed by atoms with Gasteiger partial charge in [0.05, 0.1) is 12.1 Å². The molecule has 182 valence electrons. The molecule has 2 unspecified atom stereocenters. The van der Waals surface area contributed by atoms with Crippen molar-refractivity contribution in [2.75, 3.05) is 10.6 Å². The van der Waals surface area contributed by atoms with Crippen molar-refractivity contribution in [3.8, 4) is 0 Å². The molecule has 2 N–H and O–H groups in total. The van der Waals surface area contributed by atoms with E-state index in [1.807, 2.05) is 0 Å². The Bertz CT molecular complexity index is 813. The fourth-order valence-electron chi connectivity index (χ4n) is 4.63. The molecule has 3 aromatic rings. The van der Waals surface area contributed by atoms with Gasteiger partial charge in [0.1, 0.15) is 0 Å². The Morgan fingerprint density at radius 3 is 1.21 bits per heavy atom. The van der Waals surface area contributed by atoms with E-state index in [-0.39, 0.29) is 0 Å². The zero-order valence-corrected chi connectivity index (χ0v) is 21.3. The van der Waals surface area contributed by atoms with Crippen molar-refractivity contribution in [3.05, 3.63) is 96.1 Å². The van der Waals surface area contributed by atoms with E-state index in [9.17, 15) is 0 Å². The molecular weight excluding hydrogens is 412 g/mol. The van der Waals surface area contributed by atoms with E-state index in [4.69, 9.17) is 0 Å². The van der Waals surface area contributed by atoms with Gasteiger partial charge in [0.15, 0.2) is 0 Å². The first kappa shape index (κ1) is 25.9. The Hall–Kier alpha value is -2.74. The van der Waals surface area contributed by atoms with Crippen molar-refractivity contribution >= 4 is 11.4 Å². The Morgan fingerprint density at radius 2 is 0.853 bits per heavy atom. The van der Waals surface area contributed by atoms with E-state index in [2.05, 4.69) is 109 Å². The van der Waals surface area contributed by atoms with Gasteiger partial charge in [-0.1, -0.05) is 126 Å². The standard InChI is InChI=1S/C32H44N2/c1-3-5-7-15-21-31(27-17-11-9-12-18-27)33-29-23-25-30(26-24-29)34-32(22-16-8-6-4-2)28-19-13-10-14-20-28/h9-14,17-20,23-26,31-34H,3-8,15-16,21-22H2,1-2H3. The first-order chi connectivity index (χ1) is 16.8. The SMILES string of the molecule is CCCCCCC(Nc1ccc(NC(CCCCCC)c2ccccc2)cc1)c1ccccc1. The highest BCUT2D eigenvalue weighted by atomic mass is 14.9. The van der Waals surface area contributed by atoms with Gasteiger partial charge >= 0.3 is 0 Å². The first-order valence-electron chi connectivity index (χ1n) is 13.5. The van der Waals surface area contributed by atoms with Crippen LogP contribution >= 0.6 is 0 Å². The van der Waals surface area contributed by atoms with Crippen LogP contribution in [-0.2, 0) is 0 Å². The molecule has 3 rings (SSSR count). The van der Waals surface area contributed by atoms with Gasteiger partial charge in [0.2, 0.25) is 0 Å². The van der Waals surface area contributed by atoms with Crippen LogP contribution in [-0.4, -0.2) is 0 Å². The summed E-state index contributed by atoms with van der Waals surface area (Å²) in [5.74, 6) is 0. The summed E-state index contributed by atoms with van der Waals surface area (Å²) in [5, 5.41) is 7.61. The number of hydrogen-bond donors (Lipinski definition) is 2. The Morgan fingerprint density at radius 1 is 0.471 bits per heavy atom. The topological polar surface area (TPSA) is 24.1 Å². The van der Waals surface area contributed by atoms with Gasteiger partial charge in [-0.05, 0) is 48.2 Å². The maximum Gasteiger partial charge on any atom is 0.0513 e. The molecule has 0 aliphatic heterocycles. The molecule has 0 radical (unpaired) electrons. The number of anilines is 2. The minimum atomic E-state index is 0.354. The van der Waals surface area contributed by atoms with Crippen LogP contribution < -0.4 is 10.6 Å². The zero-order chi connectivity index (χ0) is 23.8. The van der Waals surface area contributed by atoms with Gasteiger partial charge in [-0.25, -0.2) is 0 Å². The van der Waals surface area contributed by atoms with Crippen LogP contribution in [0, 0.1) is 0 Å². The molecule has 0 saturated heterocycles. The molecular formula is C32H44N2. The molecule has 0 heterocycles. The van der Waals surface area contributed by atoms with Gasteiger partial charge in [0, 0.05) is 11.4 Å². The van der Waals surface area contributed by atoms with Crippen molar-refractivity contribution in [2.45, 2.75) is 90.1 Å². The van der Waals surface area contributed by atoms with Gasteiger partial charge in [-0.3, -0.25) is 0 Å². The van der Waals surface area contributed by atoms with Gasteiger partial charge < -0.3 is 10.6 Å². The first-order valence-corrected chi connectivity index (χ1v) is 13.5. The lowest BCUT2D eigenvalue weighted by Crippen LogP contribution is -2.12. The van der Waals surface area contributed by atoms with E-state index in [0.717, 1.165) is 12.8 Å². The zero-order valence-electron chi connectivity index (χ0n) is 21.3. The maximum absolute atomic E-state index is 3.80. The summed E-state index contributed by atoms with van der Waals surface area (Å²) < 4.78 is 0. The van der Waals surface area contributed by atoms with E-state index in [1.165, 1.54) is 73.9 Å². The molecule has 0 saturated carbocycles. The second-order valence-electron chi connectivity index (χ2n) is 9.49. The molecule has 0 bridgehead atoms. The largest absolute Gasteiger partial charge is 0.378 e. The molecule has 2 nitrogen and oxygen atoms in total. The van der Waals surface area contributed by atoms with Crippen LogP contribution in [0.15, 0.2) is 84.9 Å². The second kappa shape index (κ2) is 15.2. The predicted octanol–water partition coefficient (Wildman–Crippen LogP) is 9.93. The van der Waals surface area contributed by atoms with Gasteiger partial charge in [0.25, 0.3) is 0 Å². The normalized spacial score (nSPS) is 12.8. The molecule has 2 heteroatoms. The maximum atomic E-state index is 3.80.